The van der Waals surface area contributed by atoms with E-state index in [1.165, 1.54) is 0 Å². The number of hydrogen-bond acceptors (Lipinski definition) is 3. The summed E-state index contributed by atoms with van der Waals surface area (Å²) in [6, 6.07) is 0.302. The van der Waals surface area contributed by atoms with E-state index in [0.717, 1.165) is 28.6 Å². The maximum absolute atomic E-state index is 6.32. The lowest BCUT2D eigenvalue weighted by atomic mass is 10.2. The molecule has 104 valence electrons. The van der Waals surface area contributed by atoms with Crippen molar-refractivity contribution >= 4 is 5.82 Å². The number of aryl methyl sites for hydroxylation is 2. The van der Waals surface area contributed by atoms with E-state index < -0.39 is 0 Å². The van der Waals surface area contributed by atoms with Crippen LogP contribution in [-0.4, -0.2) is 19.3 Å². The Morgan fingerprint density at radius 2 is 1.84 bits per heavy atom. The minimum absolute atomic E-state index is 0.302. The van der Waals surface area contributed by atoms with Crippen molar-refractivity contribution in [2.45, 2.75) is 46.6 Å². The molecular formula is C14H23N5. The summed E-state index contributed by atoms with van der Waals surface area (Å²) in [4.78, 5) is 4.76. The summed E-state index contributed by atoms with van der Waals surface area (Å²) in [5.74, 6) is 2.11. The third-order valence-electron chi connectivity index (χ3n) is 3.28. The van der Waals surface area contributed by atoms with Crippen molar-refractivity contribution in [3.63, 3.8) is 0 Å². The Hall–Kier alpha value is -1.78. The number of rotatable bonds is 3. The Morgan fingerprint density at radius 1 is 1.21 bits per heavy atom. The summed E-state index contributed by atoms with van der Waals surface area (Å²) >= 11 is 0. The second kappa shape index (κ2) is 4.72. The van der Waals surface area contributed by atoms with Crippen LogP contribution in [0, 0.1) is 6.92 Å². The summed E-state index contributed by atoms with van der Waals surface area (Å²) in [5, 5.41) is 4.37. The monoisotopic (exact) mass is 261 g/mol. The maximum atomic E-state index is 6.32. The van der Waals surface area contributed by atoms with Crippen LogP contribution < -0.4 is 5.73 Å². The molecule has 5 heteroatoms. The highest BCUT2D eigenvalue weighted by atomic mass is 15.3. The molecule has 0 saturated heterocycles. The molecule has 0 aliphatic rings. The maximum Gasteiger partial charge on any atom is 0.132 e. The van der Waals surface area contributed by atoms with Gasteiger partial charge in [-0.2, -0.15) is 5.10 Å². The molecule has 0 aromatic carbocycles. The van der Waals surface area contributed by atoms with Crippen LogP contribution in [0.1, 0.15) is 51.2 Å². The highest BCUT2D eigenvalue weighted by molar-refractivity contribution is 5.72. The SMILES string of the molecule is Cc1nn(C)cc1-c1nc(C(C)C)n(C(C)C)c1N. The third kappa shape index (κ3) is 2.25. The summed E-state index contributed by atoms with van der Waals surface area (Å²) in [6.45, 7) is 10.5. The second-order valence-corrected chi connectivity index (χ2v) is 5.62. The third-order valence-corrected chi connectivity index (χ3v) is 3.28. The highest BCUT2D eigenvalue weighted by Gasteiger charge is 2.22. The van der Waals surface area contributed by atoms with Crippen LogP contribution in [0.5, 0.6) is 0 Å². The number of imidazole rings is 1. The lowest BCUT2D eigenvalue weighted by Crippen LogP contribution is -2.10. The lowest BCUT2D eigenvalue weighted by Gasteiger charge is -2.15. The van der Waals surface area contributed by atoms with Crippen LogP contribution in [0.2, 0.25) is 0 Å². The Morgan fingerprint density at radius 3 is 2.21 bits per heavy atom. The van der Waals surface area contributed by atoms with E-state index >= 15 is 0 Å². The zero-order valence-electron chi connectivity index (χ0n) is 12.6. The summed E-state index contributed by atoms with van der Waals surface area (Å²) in [5.41, 5.74) is 9.14. The molecule has 0 amide bonds. The summed E-state index contributed by atoms with van der Waals surface area (Å²) < 4.78 is 3.92. The molecule has 0 spiro atoms. The van der Waals surface area contributed by atoms with Crippen molar-refractivity contribution in [3.8, 4) is 11.3 Å². The van der Waals surface area contributed by atoms with Gasteiger partial charge in [-0.25, -0.2) is 4.98 Å². The van der Waals surface area contributed by atoms with Gasteiger partial charge in [0.05, 0.1) is 5.69 Å². The van der Waals surface area contributed by atoms with E-state index in [9.17, 15) is 0 Å². The molecular weight excluding hydrogens is 238 g/mol. The zero-order valence-corrected chi connectivity index (χ0v) is 12.6. The quantitative estimate of drug-likeness (QED) is 0.924. The van der Waals surface area contributed by atoms with E-state index in [-0.39, 0.29) is 0 Å². The lowest BCUT2D eigenvalue weighted by molar-refractivity contribution is 0.556. The van der Waals surface area contributed by atoms with E-state index in [1.54, 1.807) is 4.68 Å². The van der Waals surface area contributed by atoms with E-state index in [4.69, 9.17) is 10.7 Å². The van der Waals surface area contributed by atoms with Gasteiger partial charge in [0.2, 0.25) is 0 Å². The first-order chi connectivity index (χ1) is 8.82. The molecule has 0 aliphatic carbocycles. The Balaban J connectivity index is 2.66. The van der Waals surface area contributed by atoms with Gasteiger partial charge in [-0.3, -0.25) is 4.68 Å². The Bertz CT molecular complexity index is 589. The highest BCUT2D eigenvalue weighted by Crippen LogP contribution is 2.33. The first-order valence-electron chi connectivity index (χ1n) is 6.71. The fourth-order valence-corrected chi connectivity index (χ4v) is 2.44. The first kappa shape index (κ1) is 13.6. The van der Waals surface area contributed by atoms with Crippen LogP contribution in [-0.2, 0) is 7.05 Å². The Kier molecular flexibility index (Phi) is 3.39. The van der Waals surface area contributed by atoms with Gasteiger partial charge in [0, 0.05) is 30.8 Å². The molecule has 0 unspecified atom stereocenters. The van der Waals surface area contributed by atoms with Crippen LogP contribution >= 0.6 is 0 Å². The first-order valence-corrected chi connectivity index (χ1v) is 6.71. The van der Waals surface area contributed by atoms with Gasteiger partial charge < -0.3 is 10.3 Å². The Labute approximate surface area is 114 Å². The molecule has 5 nitrogen and oxygen atoms in total. The minimum Gasteiger partial charge on any atom is -0.383 e. The van der Waals surface area contributed by atoms with Crippen molar-refractivity contribution in [1.82, 2.24) is 19.3 Å². The number of hydrogen-bond donors (Lipinski definition) is 1. The van der Waals surface area contributed by atoms with Crippen molar-refractivity contribution in [2.24, 2.45) is 7.05 Å². The molecule has 0 saturated carbocycles. The second-order valence-electron chi connectivity index (χ2n) is 5.62. The van der Waals surface area contributed by atoms with Crippen LogP contribution in [0.15, 0.2) is 6.20 Å². The van der Waals surface area contributed by atoms with Gasteiger partial charge in [-0.1, -0.05) is 13.8 Å². The molecule has 0 aliphatic heterocycles. The predicted molar refractivity (Wildman–Crippen MR) is 78.1 cm³/mol. The molecule has 2 aromatic heterocycles. The fraction of sp³-hybridized carbons (Fsp3) is 0.571. The van der Waals surface area contributed by atoms with Crippen molar-refractivity contribution in [1.29, 1.82) is 0 Å². The standard InChI is InChI=1S/C14H23N5/c1-8(2)14-16-12(13(15)19(14)9(3)4)11-7-18(6)17-10(11)5/h7-9H,15H2,1-6H3. The van der Waals surface area contributed by atoms with Crippen LogP contribution in [0.25, 0.3) is 11.3 Å². The molecule has 2 heterocycles. The molecule has 0 radical (unpaired) electrons. The molecule has 2 aromatic rings. The number of anilines is 1. The zero-order chi connectivity index (χ0) is 14.3. The van der Waals surface area contributed by atoms with Crippen molar-refractivity contribution in [3.05, 3.63) is 17.7 Å². The van der Waals surface area contributed by atoms with Gasteiger partial charge in [0.15, 0.2) is 0 Å². The van der Waals surface area contributed by atoms with Crippen LogP contribution in [0.3, 0.4) is 0 Å². The summed E-state index contributed by atoms with van der Waals surface area (Å²) in [7, 11) is 1.91. The van der Waals surface area contributed by atoms with Gasteiger partial charge >= 0.3 is 0 Å². The molecule has 2 N–H and O–H groups in total. The number of nitrogens with two attached hydrogens (primary N) is 1. The largest absolute Gasteiger partial charge is 0.383 e. The summed E-state index contributed by atoms with van der Waals surface area (Å²) in [6.07, 6.45) is 1.98. The predicted octanol–water partition coefficient (Wildman–Crippen LogP) is 2.88. The van der Waals surface area contributed by atoms with Crippen LogP contribution in [0.4, 0.5) is 5.82 Å². The van der Waals surface area contributed by atoms with E-state index in [0.29, 0.717) is 12.0 Å². The molecule has 0 atom stereocenters. The van der Waals surface area contributed by atoms with Gasteiger partial charge in [-0.05, 0) is 20.8 Å². The molecule has 0 fully saturated rings. The molecule has 19 heavy (non-hydrogen) atoms. The fourth-order valence-electron chi connectivity index (χ4n) is 2.44. The van der Waals surface area contributed by atoms with E-state index in [2.05, 4.69) is 37.4 Å². The molecule has 2 rings (SSSR count). The topological polar surface area (TPSA) is 61.7 Å². The van der Waals surface area contributed by atoms with Gasteiger partial charge in [0.25, 0.3) is 0 Å². The van der Waals surface area contributed by atoms with E-state index in [1.807, 2.05) is 20.2 Å². The minimum atomic E-state index is 0.302. The normalized spacial score (nSPS) is 11.8. The number of aromatic nitrogens is 4. The average Bonchev–Trinajstić information content (AvgIpc) is 2.78. The molecule has 0 bridgehead atoms. The number of nitrogen functional groups attached to an aromatic ring is 1. The van der Waals surface area contributed by atoms with Crippen molar-refractivity contribution in [2.75, 3.05) is 5.73 Å². The van der Waals surface area contributed by atoms with Gasteiger partial charge in [-0.15, -0.1) is 0 Å². The number of nitrogens with zero attached hydrogens (tertiary/aromatic N) is 4. The van der Waals surface area contributed by atoms with Crippen molar-refractivity contribution < 1.29 is 0 Å². The average molecular weight is 261 g/mol. The van der Waals surface area contributed by atoms with Gasteiger partial charge in [0.1, 0.15) is 17.3 Å². The smallest absolute Gasteiger partial charge is 0.132 e.